The van der Waals surface area contributed by atoms with Gasteiger partial charge < -0.3 is 13.9 Å². The van der Waals surface area contributed by atoms with Crippen molar-refractivity contribution in [1.82, 2.24) is 14.1 Å². The number of aliphatic hydroxyl groups excluding tert-OH is 1. The molecular weight excluding hydrogens is 354 g/mol. The van der Waals surface area contributed by atoms with Gasteiger partial charge in [-0.3, -0.25) is 18.7 Å². The summed E-state index contributed by atoms with van der Waals surface area (Å²) >= 11 is 0. The van der Waals surface area contributed by atoms with Gasteiger partial charge in [-0.1, -0.05) is 0 Å². The highest BCUT2D eigenvalue weighted by Crippen LogP contribution is 2.33. The quantitative estimate of drug-likeness (QED) is 0.519. The number of furan rings is 1. The van der Waals surface area contributed by atoms with Crippen LogP contribution in [0.15, 0.2) is 41.4 Å². The van der Waals surface area contributed by atoms with Gasteiger partial charge in [-0.25, -0.2) is 9.78 Å². The highest BCUT2D eigenvalue weighted by molar-refractivity contribution is 6.04. The Labute approximate surface area is 150 Å². The maximum absolute atomic E-state index is 12.9. The smallest absolute Gasteiger partial charge is 0.332 e. The molecule has 0 amide bonds. The van der Waals surface area contributed by atoms with E-state index in [4.69, 9.17) is 8.83 Å². The molecule has 0 aliphatic carbocycles. The minimum Gasteiger partial charge on any atom is -0.461 e. The van der Waals surface area contributed by atoms with Crippen molar-refractivity contribution in [1.29, 1.82) is 0 Å². The summed E-state index contributed by atoms with van der Waals surface area (Å²) in [6.07, 6.45) is 0. The summed E-state index contributed by atoms with van der Waals surface area (Å²) in [6.45, 7) is 1.24. The Hall–Kier alpha value is -3.46. The van der Waals surface area contributed by atoms with E-state index in [9.17, 15) is 19.5 Å². The number of rotatable bonds is 2. The lowest BCUT2D eigenvalue weighted by Crippen LogP contribution is -2.37. The number of aromatic nitrogens is 3. The lowest BCUT2D eigenvalue weighted by molar-refractivity contribution is 0.249. The van der Waals surface area contributed by atoms with Gasteiger partial charge in [0, 0.05) is 20.2 Å². The zero-order chi connectivity index (χ0) is 19.5. The number of nitrogens with zero attached hydrogens (tertiary/aromatic N) is 3. The monoisotopic (exact) mass is 369 g/mol. The molecule has 0 unspecified atom stereocenters. The van der Waals surface area contributed by atoms with E-state index in [0.717, 1.165) is 10.6 Å². The normalized spacial score (nSPS) is 11.6. The average molecular weight is 369 g/mol. The standard InChI is InChI=1S/C18H15N3O6/c1-8-4-5-11(26-8)12-13-16(20(2)18(25)21(3)17(13)24)19-14-10(23)6-9(7-22)27-15(12)14/h4-6,22H,7H2,1-3H3. The van der Waals surface area contributed by atoms with Gasteiger partial charge in [0.1, 0.15) is 23.9 Å². The molecule has 4 aromatic rings. The van der Waals surface area contributed by atoms with E-state index < -0.39 is 23.3 Å². The fourth-order valence-corrected chi connectivity index (χ4v) is 3.10. The maximum Gasteiger partial charge on any atom is 0.332 e. The van der Waals surface area contributed by atoms with Crippen LogP contribution in [-0.4, -0.2) is 19.2 Å². The molecule has 0 spiro atoms. The highest BCUT2D eigenvalue weighted by atomic mass is 16.4. The van der Waals surface area contributed by atoms with Crippen LogP contribution in [0, 0.1) is 6.92 Å². The van der Waals surface area contributed by atoms with E-state index in [0.29, 0.717) is 11.5 Å². The van der Waals surface area contributed by atoms with Crippen LogP contribution in [0.2, 0.25) is 0 Å². The zero-order valence-corrected chi connectivity index (χ0v) is 14.8. The first-order valence-corrected chi connectivity index (χ1v) is 8.07. The van der Waals surface area contributed by atoms with E-state index >= 15 is 0 Å². The Bertz CT molecular complexity index is 1400. The first-order chi connectivity index (χ1) is 12.8. The Morgan fingerprint density at radius 3 is 2.48 bits per heavy atom. The van der Waals surface area contributed by atoms with Gasteiger partial charge in [0.05, 0.1) is 10.9 Å². The lowest BCUT2D eigenvalue weighted by atomic mass is 10.1. The summed E-state index contributed by atoms with van der Waals surface area (Å²) in [4.78, 5) is 41.9. The molecule has 1 N–H and O–H groups in total. The molecule has 0 aromatic carbocycles. The number of aryl methyl sites for hydroxylation is 2. The minimum atomic E-state index is -0.594. The second-order valence-electron chi connectivity index (χ2n) is 6.21. The second kappa shape index (κ2) is 5.78. The van der Waals surface area contributed by atoms with Crippen molar-refractivity contribution < 1.29 is 13.9 Å². The van der Waals surface area contributed by atoms with Crippen molar-refractivity contribution >= 4 is 22.1 Å². The van der Waals surface area contributed by atoms with E-state index in [1.54, 1.807) is 19.1 Å². The number of pyridine rings is 1. The second-order valence-corrected chi connectivity index (χ2v) is 6.21. The third-order valence-electron chi connectivity index (χ3n) is 4.44. The first kappa shape index (κ1) is 17.0. The van der Waals surface area contributed by atoms with Gasteiger partial charge in [0.2, 0.25) is 5.43 Å². The highest BCUT2D eigenvalue weighted by Gasteiger charge is 2.23. The largest absolute Gasteiger partial charge is 0.461 e. The molecule has 138 valence electrons. The summed E-state index contributed by atoms with van der Waals surface area (Å²) in [5, 5.41) is 9.47. The molecule has 0 bridgehead atoms. The molecule has 4 rings (SSSR count). The fraction of sp³-hybridized carbons (Fsp3) is 0.222. The van der Waals surface area contributed by atoms with E-state index in [1.807, 2.05) is 0 Å². The van der Waals surface area contributed by atoms with Crippen LogP contribution in [0.5, 0.6) is 0 Å². The van der Waals surface area contributed by atoms with Crippen molar-refractivity contribution in [3.8, 4) is 11.3 Å². The summed E-state index contributed by atoms with van der Waals surface area (Å²) in [5.74, 6) is 0.907. The van der Waals surface area contributed by atoms with Gasteiger partial charge in [-0.15, -0.1) is 0 Å². The molecule has 0 radical (unpaired) electrons. The third kappa shape index (κ3) is 2.36. The third-order valence-corrected chi connectivity index (χ3v) is 4.44. The lowest BCUT2D eigenvalue weighted by Gasteiger charge is -2.12. The van der Waals surface area contributed by atoms with Crippen LogP contribution in [0.25, 0.3) is 33.5 Å². The molecule has 0 fully saturated rings. The molecule has 0 aliphatic heterocycles. The summed E-state index contributed by atoms with van der Waals surface area (Å²) in [7, 11) is 2.82. The predicted molar refractivity (Wildman–Crippen MR) is 96.6 cm³/mol. The molecule has 27 heavy (non-hydrogen) atoms. The summed E-state index contributed by atoms with van der Waals surface area (Å²) in [5.41, 5.74) is -1.45. The van der Waals surface area contributed by atoms with Crippen LogP contribution < -0.4 is 16.7 Å². The van der Waals surface area contributed by atoms with Crippen molar-refractivity contribution in [2.75, 3.05) is 0 Å². The molecule has 4 heterocycles. The molecule has 0 aliphatic rings. The summed E-state index contributed by atoms with van der Waals surface area (Å²) < 4.78 is 13.5. The zero-order valence-electron chi connectivity index (χ0n) is 14.8. The predicted octanol–water partition coefficient (Wildman–Crippen LogP) is 0.799. The number of hydrogen-bond donors (Lipinski definition) is 1. The topological polar surface area (TPSA) is 120 Å². The van der Waals surface area contributed by atoms with Crippen molar-refractivity contribution in [3.63, 3.8) is 0 Å². The average Bonchev–Trinajstić information content (AvgIpc) is 3.08. The molecule has 0 saturated carbocycles. The van der Waals surface area contributed by atoms with Gasteiger partial charge in [0.25, 0.3) is 5.56 Å². The van der Waals surface area contributed by atoms with Gasteiger partial charge in [0.15, 0.2) is 16.7 Å². The molecule has 9 heteroatoms. The Kier molecular flexibility index (Phi) is 3.63. The van der Waals surface area contributed by atoms with Crippen molar-refractivity contribution in [3.05, 3.63) is 60.8 Å². The van der Waals surface area contributed by atoms with Gasteiger partial charge >= 0.3 is 5.69 Å². The number of fused-ring (bicyclic) bond motifs is 2. The van der Waals surface area contributed by atoms with Crippen LogP contribution in [0.1, 0.15) is 11.5 Å². The van der Waals surface area contributed by atoms with Crippen molar-refractivity contribution in [2.45, 2.75) is 13.5 Å². The van der Waals surface area contributed by atoms with Crippen LogP contribution in [0.4, 0.5) is 0 Å². The van der Waals surface area contributed by atoms with Crippen molar-refractivity contribution in [2.24, 2.45) is 14.1 Å². The molecular formula is C18H15N3O6. The van der Waals surface area contributed by atoms with E-state index in [-0.39, 0.29) is 33.5 Å². The molecule has 0 atom stereocenters. The van der Waals surface area contributed by atoms with E-state index in [1.165, 1.54) is 18.7 Å². The van der Waals surface area contributed by atoms with E-state index in [2.05, 4.69) is 4.98 Å². The van der Waals surface area contributed by atoms with Crippen LogP contribution in [-0.2, 0) is 20.7 Å². The Balaban J connectivity index is 2.40. The molecule has 9 nitrogen and oxygen atoms in total. The maximum atomic E-state index is 12.9. The number of aliphatic hydroxyl groups is 1. The summed E-state index contributed by atoms with van der Waals surface area (Å²) in [6, 6.07) is 4.46. The van der Waals surface area contributed by atoms with Gasteiger partial charge in [-0.2, -0.15) is 0 Å². The number of hydrogen-bond acceptors (Lipinski definition) is 7. The van der Waals surface area contributed by atoms with Crippen LogP contribution in [0.3, 0.4) is 0 Å². The fourth-order valence-electron chi connectivity index (χ4n) is 3.10. The Morgan fingerprint density at radius 2 is 1.85 bits per heavy atom. The molecule has 4 aromatic heterocycles. The SMILES string of the molecule is Cc1ccc(-c2c3oc(CO)cc(=O)c3nc3c2c(=O)n(C)c(=O)n3C)o1. The molecule has 0 saturated heterocycles. The van der Waals surface area contributed by atoms with Gasteiger partial charge in [-0.05, 0) is 19.1 Å². The Morgan fingerprint density at radius 1 is 1.11 bits per heavy atom. The van der Waals surface area contributed by atoms with Crippen LogP contribution >= 0.6 is 0 Å². The first-order valence-electron chi connectivity index (χ1n) is 8.07. The minimum absolute atomic E-state index is 0.0177.